The van der Waals surface area contributed by atoms with Crippen molar-refractivity contribution >= 4 is 41.3 Å². The zero-order valence-electron chi connectivity index (χ0n) is 25.3. The first-order valence-corrected chi connectivity index (χ1v) is 15.8. The molecule has 0 aliphatic carbocycles. The van der Waals surface area contributed by atoms with Crippen molar-refractivity contribution in [3.05, 3.63) is 66.2 Å². The van der Waals surface area contributed by atoms with Gasteiger partial charge in [0.2, 0.25) is 11.8 Å². The van der Waals surface area contributed by atoms with Crippen LogP contribution >= 0.6 is 11.8 Å². The number of anilines is 1. The Labute approximate surface area is 258 Å². The third kappa shape index (κ3) is 13.4. The van der Waals surface area contributed by atoms with Crippen molar-refractivity contribution in [1.29, 1.82) is 0 Å². The van der Waals surface area contributed by atoms with Gasteiger partial charge in [0.25, 0.3) is 0 Å². The number of carbonyl (C=O) groups excluding carboxylic acids is 4. The van der Waals surface area contributed by atoms with E-state index in [0.29, 0.717) is 44.5 Å². The highest BCUT2D eigenvalue weighted by Crippen LogP contribution is 2.13. The molecule has 0 saturated carbocycles. The number of nitrogens with zero attached hydrogens (tertiary/aromatic N) is 1. The molecular weight excluding hydrogens is 570 g/mol. The number of nitrogens with one attached hydrogen (secondary N) is 3. The maximum absolute atomic E-state index is 13.5. The van der Waals surface area contributed by atoms with E-state index in [-0.39, 0.29) is 13.0 Å². The smallest absolute Gasteiger partial charge is 0.408 e. The van der Waals surface area contributed by atoms with Gasteiger partial charge in [-0.15, -0.1) is 0 Å². The van der Waals surface area contributed by atoms with Gasteiger partial charge in [-0.05, 0) is 68.4 Å². The van der Waals surface area contributed by atoms with Crippen LogP contribution in [0.4, 0.5) is 10.5 Å². The molecule has 43 heavy (non-hydrogen) atoms. The number of para-hydroxylation sites is 1. The Morgan fingerprint density at radius 1 is 0.837 bits per heavy atom. The van der Waals surface area contributed by atoms with Crippen molar-refractivity contribution in [3.8, 4) is 0 Å². The first-order chi connectivity index (χ1) is 20.8. The third-order valence-electron chi connectivity index (χ3n) is 6.76. The molecule has 0 fully saturated rings. The fourth-order valence-corrected chi connectivity index (χ4v) is 4.71. The molecule has 3 amide bonds. The lowest BCUT2D eigenvalue weighted by Gasteiger charge is -2.27. The largest absolute Gasteiger partial charge is 0.467 e. The first-order valence-electron chi connectivity index (χ1n) is 14.4. The number of nitrogens with two attached hydrogens (primary N) is 1. The number of carbonyl (C=O) groups is 4. The van der Waals surface area contributed by atoms with Crippen molar-refractivity contribution < 1.29 is 28.7 Å². The Morgan fingerprint density at radius 2 is 1.44 bits per heavy atom. The standard InChI is InChI=1S/C31H45N5O6S/c1-36(24-14-8-5-9-15-24)20-17-26(29(38)34-27(18-21-43-3)30(39)41-2)33-28(37)25(16-10-11-19-32)35-31(40)42-22-23-12-6-4-7-13-23/h4-9,12-15,25-27H,10-11,16-22,32H2,1-3H3,(H,33,37)(H,34,38)(H,35,40)/t25-,26?,27-/m0/s1. The van der Waals surface area contributed by atoms with Gasteiger partial charge in [-0.2, -0.15) is 11.8 Å². The van der Waals surface area contributed by atoms with E-state index in [2.05, 4.69) is 16.0 Å². The van der Waals surface area contributed by atoms with Gasteiger partial charge < -0.3 is 36.1 Å². The van der Waals surface area contributed by atoms with Crippen molar-refractivity contribution in [2.75, 3.05) is 44.2 Å². The molecule has 0 aliphatic rings. The number of amides is 3. The highest BCUT2D eigenvalue weighted by molar-refractivity contribution is 7.98. The minimum absolute atomic E-state index is 0.0472. The van der Waals surface area contributed by atoms with E-state index in [1.807, 2.05) is 78.9 Å². The van der Waals surface area contributed by atoms with Crippen molar-refractivity contribution in [1.82, 2.24) is 16.0 Å². The van der Waals surface area contributed by atoms with Gasteiger partial charge in [-0.3, -0.25) is 9.59 Å². The molecule has 2 aromatic rings. The van der Waals surface area contributed by atoms with Crippen LogP contribution in [0.1, 0.15) is 37.7 Å². The van der Waals surface area contributed by atoms with E-state index in [4.69, 9.17) is 15.2 Å². The second kappa shape index (κ2) is 20.2. The second-order valence-electron chi connectivity index (χ2n) is 10.0. The number of ether oxygens (including phenoxy) is 2. The van der Waals surface area contributed by atoms with Gasteiger partial charge in [-0.1, -0.05) is 48.5 Å². The molecule has 1 unspecified atom stereocenters. The maximum Gasteiger partial charge on any atom is 0.408 e. The van der Waals surface area contributed by atoms with Gasteiger partial charge in [-0.25, -0.2) is 9.59 Å². The predicted octanol–water partition coefficient (Wildman–Crippen LogP) is 2.83. The number of rotatable bonds is 19. The summed E-state index contributed by atoms with van der Waals surface area (Å²) in [5.41, 5.74) is 7.40. The molecule has 2 rings (SSSR count). The van der Waals surface area contributed by atoms with Crippen LogP contribution in [0.3, 0.4) is 0 Å². The number of hydrogen-bond acceptors (Lipinski definition) is 9. The van der Waals surface area contributed by atoms with Crippen LogP contribution in [0.5, 0.6) is 0 Å². The molecule has 236 valence electrons. The van der Waals surface area contributed by atoms with Crippen LogP contribution in [0.15, 0.2) is 60.7 Å². The average Bonchev–Trinajstić information content (AvgIpc) is 3.03. The van der Waals surface area contributed by atoms with Crippen LogP contribution < -0.4 is 26.6 Å². The molecule has 0 aliphatic heterocycles. The van der Waals surface area contributed by atoms with Gasteiger partial charge in [0.1, 0.15) is 24.7 Å². The molecule has 5 N–H and O–H groups in total. The SMILES string of the molecule is COC(=O)[C@H](CCSC)NC(=O)C(CCN(C)c1ccccc1)NC(=O)[C@H](CCCCN)NC(=O)OCc1ccccc1. The summed E-state index contributed by atoms with van der Waals surface area (Å²) in [6, 6.07) is 16.0. The van der Waals surface area contributed by atoms with Gasteiger partial charge >= 0.3 is 12.1 Å². The molecular formula is C31H45N5O6S. The summed E-state index contributed by atoms with van der Waals surface area (Å²) in [6.07, 6.45) is 3.33. The fourth-order valence-electron chi connectivity index (χ4n) is 4.24. The van der Waals surface area contributed by atoms with Crippen LogP contribution in [-0.4, -0.2) is 81.3 Å². The molecule has 11 nitrogen and oxygen atoms in total. The summed E-state index contributed by atoms with van der Waals surface area (Å²) in [5.74, 6) is -0.976. The van der Waals surface area contributed by atoms with E-state index in [1.165, 1.54) is 7.11 Å². The third-order valence-corrected chi connectivity index (χ3v) is 7.41. The van der Waals surface area contributed by atoms with Crippen molar-refractivity contribution in [3.63, 3.8) is 0 Å². The number of unbranched alkanes of at least 4 members (excludes halogenated alkanes) is 1. The highest BCUT2D eigenvalue weighted by atomic mass is 32.2. The highest BCUT2D eigenvalue weighted by Gasteiger charge is 2.30. The fraction of sp³-hybridized carbons (Fsp3) is 0.484. The summed E-state index contributed by atoms with van der Waals surface area (Å²) >= 11 is 1.54. The molecule has 3 atom stereocenters. The molecule has 0 radical (unpaired) electrons. The number of benzene rings is 2. The van der Waals surface area contributed by atoms with Crippen LogP contribution in [0.2, 0.25) is 0 Å². The Bertz CT molecular complexity index is 1120. The molecule has 0 aromatic heterocycles. The van der Waals surface area contributed by atoms with Gasteiger partial charge in [0, 0.05) is 19.3 Å². The van der Waals surface area contributed by atoms with Crippen molar-refractivity contribution in [2.24, 2.45) is 5.73 Å². The normalized spacial score (nSPS) is 12.7. The number of alkyl carbamates (subject to hydrolysis) is 1. The minimum Gasteiger partial charge on any atom is -0.467 e. The van der Waals surface area contributed by atoms with E-state index in [0.717, 1.165) is 11.3 Å². The first kappa shape index (κ1) is 35.4. The predicted molar refractivity (Wildman–Crippen MR) is 170 cm³/mol. The minimum atomic E-state index is -0.987. The Hall–Kier alpha value is -3.77. The number of esters is 1. The zero-order valence-corrected chi connectivity index (χ0v) is 26.1. The van der Waals surface area contributed by atoms with E-state index in [9.17, 15) is 19.2 Å². The summed E-state index contributed by atoms with van der Waals surface area (Å²) in [5, 5.41) is 8.21. The average molecular weight is 616 g/mol. The van der Waals surface area contributed by atoms with E-state index < -0.39 is 42.0 Å². The Morgan fingerprint density at radius 3 is 2.05 bits per heavy atom. The lowest BCUT2D eigenvalue weighted by Crippen LogP contribution is -2.56. The molecule has 0 saturated heterocycles. The molecule has 2 aromatic carbocycles. The van der Waals surface area contributed by atoms with E-state index in [1.54, 1.807) is 11.8 Å². The van der Waals surface area contributed by atoms with Crippen LogP contribution in [0, 0.1) is 0 Å². The number of thioether (sulfide) groups is 1. The summed E-state index contributed by atoms with van der Waals surface area (Å²) in [4.78, 5) is 54.0. The molecule has 0 heterocycles. The topological polar surface area (TPSA) is 152 Å². The zero-order chi connectivity index (χ0) is 31.5. The van der Waals surface area contributed by atoms with Crippen LogP contribution in [-0.2, 0) is 30.5 Å². The Kier molecular flexibility index (Phi) is 16.6. The molecule has 0 bridgehead atoms. The number of methoxy groups -OCH3 is 1. The maximum atomic E-state index is 13.5. The lowest BCUT2D eigenvalue weighted by molar-refractivity contribution is -0.145. The molecule has 12 heteroatoms. The quantitative estimate of drug-likeness (QED) is 0.138. The Balaban J connectivity index is 2.17. The van der Waals surface area contributed by atoms with Crippen LogP contribution in [0.25, 0.3) is 0 Å². The molecule has 0 spiro atoms. The summed E-state index contributed by atoms with van der Waals surface area (Å²) in [7, 11) is 3.16. The summed E-state index contributed by atoms with van der Waals surface area (Å²) in [6.45, 7) is 0.917. The number of hydrogen-bond donors (Lipinski definition) is 4. The second-order valence-corrected chi connectivity index (χ2v) is 11.0. The monoisotopic (exact) mass is 615 g/mol. The van der Waals surface area contributed by atoms with Crippen molar-refractivity contribution in [2.45, 2.75) is 56.8 Å². The van der Waals surface area contributed by atoms with Gasteiger partial charge in [0.05, 0.1) is 7.11 Å². The van der Waals surface area contributed by atoms with E-state index >= 15 is 0 Å². The summed E-state index contributed by atoms with van der Waals surface area (Å²) < 4.78 is 10.2. The lowest BCUT2D eigenvalue weighted by atomic mass is 10.1. The van der Waals surface area contributed by atoms with Gasteiger partial charge in [0.15, 0.2) is 0 Å².